The predicted octanol–water partition coefficient (Wildman–Crippen LogP) is 2.12. The molecule has 0 aliphatic carbocycles. The van der Waals surface area contributed by atoms with Gasteiger partial charge in [0, 0.05) is 6.07 Å². The second-order valence-electron chi connectivity index (χ2n) is 4.28. The number of hydrogen-bond acceptors (Lipinski definition) is 3. The highest BCUT2D eigenvalue weighted by Crippen LogP contribution is 2.15. The molecule has 1 aromatic rings. The molecule has 0 spiro atoms. The topological polar surface area (TPSA) is 69.6 Å². The number of aliphatic carboxylic acids is 1. The maximum Gasteiger partial charge on any atom is 0.317 e. The number of rotatable bonds is 7. The maximum absolute atomic E-state index is 13.3. The quantitative estimate of drug-likeness (QED) is 0.807. The van der Waals surface area contributed by atoms with Crippen LogP contribution >= 0.6 is 12.4 Å². The summed E-state index contributed by atoms with van der Waals surface area (Å²) in [6, 6.07) is 2.72. The van der Waals surface area contributed by atoms with Crippen molar-refractivity contribution in [2.45, 2.75) is 13.3 Å². The molecule has 0 bridgehead atoms. The lowest BCUT2D eigenvalue weighted by Crippen LogP contribution is -2.37. The first kappa shape index (κ1) is 19.3. The number of nitrogens with zero attached hydrogens (tertiary/aromatic N) is 1. The van der Waals surface area contributed by atoms with E-state index in [0.29, 0.717) is 13.0 Å². The minimum atomic E-state index is -1.05. The number of carbonyl (C=O) groups excluding carboxylic acids is 1. The third-order valence-electron chi connectivity index (χ3n) is 2.47. The van der Waals surface area contributed by atoms with Crippen molar-refractivity contribution in [3.8, 4) is 0 Å². The van der Waals surface area contributed by atoms with Crippen LogP contribution in [-0.2, 0) is 9.59 Å². The molecule has 21 heavy (non-hydrogen) atoms. The minimum absolute atomic E-state index is 0. The van der Waals surface area contributed by atoms with Gasteiger partial charge in [-0.15, -0.1) is 12.4 Å². The summed E-state index contributed by atoms with van der Waals surface area (Å²) < 4.78 is 26.3. The number of hydrogen-bond donors (Lipinski definition) is 2. The van der Waals surface area contributed by atoms with Crippen LogP contribution < -0.4 is 5.32 Å². The summed E-state index contributed by atoms with van der Waals surface area (Å²) in [4.78, 5) is 23.8. The average Bonchev–Trinajstić information content (AvgIpc) is 2.33. The number of nitrogens with one attached hydrogen (secondary N) is 1. The second-order valence-corrected chi connectivity index (χ2v) is 4.28. The molecule has 1 amide bonds. The molecule has 0 aliphatic rings. The molecule has 0 radical (unpaired) electrons. The lowest BCUT2D eigenvalue weighted by atomic mass is 10.3. The summed E-state index contributed by atoms with van der Waals surface area (Å²) >= 11 is 0. The van der Waals surface area contributed by atoms with E-state index in [1.54, 1.807) is 0 Å². The Morgan fingerprint density at radius 2 is 1.95 bits per heavy atom. The van der Waals surface area contributed by atoms with Crippen LogP contribution in [0.3, 0.4) is 0 Å². The van der Waals surface area contributed by atoms with Crippen LogP contribution in [0.1, 0.15) is 13.3 Å². The fourth-order valence-corrected chi connectivity index (χ4v) is 1.71. The first-order valence-electron chi connectivity index (χ1n) is 6.11. The fraction of sp³-hybridized carbons (Fsp3) is 0.385. The van der Waals surface area contributed by atoms with Gasteiger partial charge in [-0.3, -0.25) is 14.5 Å². The summed E-state index contributed by atoms with van der Waals surface area (Å²) in [6.07, 6.45) is 0.675. The maximum atomic E-state index is 13.3. The minimum Gasteiger partial charge on any atom is -0.480 e. The Morgan fingerprint density at radius 3 is 2.52 bits per heavy atom. The van der Waals surface area contributed by atoms with E-state index < -0.39 is 23.5 Å². The van der Waals surface area contributed by atoms with E-state index in [-0.39, 0.29) is 31.2 Å². The van der Waals surface area contributed by atoms with Crippen molar-refractivity contribution in [2.24, 2.45) is 0 Å². The Morgan fingerprint density at radius 1 is 1.29 bits per heavy atom. The molecule has 0 unspecified atom stereocenters. The van der Waals surface area contributed by atoms with Crippen LogP contribution in [0.25, 0.3) is 0 Å². The molecule has 5 nitrogen and oxygen atoms in total. The predicted molar refractivity (Wildman–Crippen MR) is 76.6 cm³/mol. The summed E-state index contributed by atoms with van der Waals surface area (Å²) in [5, 5.41) is 10.9. The Hall–Kier alpha value is -1.73. The van der Waals surface area contributed by atoms with E-state index in [9.17, 15) is 18.4 Å². The van der Waals surface area contributed by atoms with Gasteiger partial charge in [0.25, 0.3) is 0 Å². The van der Waals surface area contributed by atoms with Gasteiger partial charge in [-0.1, -0.05) is 6.92 Å². The van der Waals surface area contributed by atoms with Crippen molar-refractivity contribution in [2.75, 3.05) is 25.0 Å². The van der Waals surface area contributed by atoms with Crippen molar-refractivity contribution < 1.29 is 23.5 Å². The summed E-state index contributed by atoms with van der Waals surface area (Å²) in [7, 11) is 0. The third-order valence-corrected chi connectivity index (χ3v) is 2.47. The number of amides is 1. The summed E-state index contributed by atoms with van der Waals surface area (Å²) in [5.41, 5.74) is -0.262. The number of carboxylic acid groups (broad SMARTS) is 1. The number of carbonyl (C=O) groups is 2. The molecular formula is C13H17ClF2N2O3. The smallest absolute Gasteiger partial charge is 0.317 e. The van der Waals surface area contributed by atoms with Gasteiger partial charge >= 0.3 is 5.97 Å². The normalized spacial score (nSPS) is 10.1. The van der Waals surface area contributed by atoms with Crippen molar-refractivity contribution in [1.29, 1.82) is 0 Å². The average molecular weight is 323 g/mol. The molecule has 118 valence electrons. The van der Waals surface area contributed by atoms with Crippen LogP contribution in [0, 0.1) is 11.6 Å². The number of carboxylic acids is 1. The highest BCUT2D eigenvalue weighted by Gasteiger charge is 2.14. The Labute approximate surface area is 127 Å². The van der Waals surface area contributed by atoms with Gasteiger partial charge < -0.3 is 10.4 Å². The first-order valence-corrected chi connectivity index (χ1v) is 6.11. The van der Waals surface area contributed by atoms with Crippen LogP contribution in [0.15, 0.2) is 18.2 Å². The molecule has 8 heteroatoms. The zero-order chi connectivity index (χ0) is 15.1. The zero-order valence-electron chi connectivity index (χ0n) is 11.4. The third kappa shape index (κ3) is 7.01. The highest BCUT2D eigenvalue weighted by molar-refractivity contribution is 5.92. The van der Waals surface area contributed by atoms with E-state index >= 15 is 0 Å². The SMILES string of the molecule is CCCN(CC(=O)O)CC(=O)Nc1cc(F)ccc1F.Cl. The first-order chi connectivity index (χ1) is 9.42. The largest absolute Gasteiger partial charge is 0.480 e. The van der Waals surface area contributed by atoms with E-state index in [1.807, 2.05) is 6.92 Å². The molecule has 0 atom stereocenters. The van der Waals surface area contributed by atoms with E-state index in [0.717, 1.165) is 18.2 Å². The molecule has 0 fully saturated rings. The van der Waals surface area contributed by atoms with Crippen molar-refractivity contribution in [3.63, 3.8) is 0 Å². The van der Waals surface area contributed by atoms with E-state index in [2.05, 4.69) is 5.32 Å². The summed E-state index contributed by atoms with van der Waals surface area (Å²) in [6.45, 7) is 1.79. The molecule has 0 saturated carbocycles. The Kier molecular flexibility index (Phi) is 8.49. The lowest BCUT2D eigenvalue weighted by molar-refractivity contribution is -0.138. The van der Waals surface area contributed by atoms with E-state index in [1.165, 1.54) is 4.90 Å². The van der Waals surface area contributed by atoms with Gasteiger partial charge in [-0.05, 0) is 25.1 Å². The van der Waals surface area contributed by atoms with Gasteiger partial charge in [0.1, 0.15) is 11.6 Å². The van der Waals surface area contributed by atoms with Crippen molar-refractivity contribution >= 4 is 30.0 Å². The fourth-order valence-electron chi connectivity index (χ4n) is 1.71. The highest BCUT2D eigenvalue weighted by atomic mass is 35.5. The van der Waals surface area contributed by atoms with Gasteiger partial charge in [-0.25, -0.2) is 8.78 Å². The number of halogens is 3. The number of anilines is 1. The van der Waals surface area contributed by atoms with Gasteiger partial charge in [-0.2, -0.15) is 0 Å². The van der Waals surface area contributed by atoms with Gasteiger partial charge in [0.15, 0.2) is 0 Å². The van der Waals surface area contributed by atoms with Gasteiger partial charge in [0.2, 0.25) is 5.91 Å². The molecule has 0 aliphatic heterocycles. The molecule has 0 heterocycles. The number of benzene rings is 1. The van der Waals surface area contributed by atoms with Crippen molar-refractivity contribution in [3.05, 3.63) is 29.8 Å². The molecule has 2 N–H and O–H groups in total. The van der Waals surface area contributed by atoms with Crippen LogP contribution in [0.5, 0.6) is 0 Å². The lowest BCUT2D eigenvalue weighted by Gasteiger charge is -2.18. The van der Waals surface area contributed by atoms with Gasteiger partial charge in [0.05, 0.1) is 18.8 Å². The summed E-state index contributed by atoms with van der Waals surface area (Å²) in [5.74, 6) is -3.06. The van der Waals surface area contributed by atoms with Crippen molar-refractivity contribution in [1.82, 2.24) is 4.90 Å². The van der Waals surface area contributed by atoms with Crippen LogP contribution in [-0.4, -0.2) is 41.5 Å². The van der Waals surface area contributed by atoms with Crippen LogP contribution in [0.4, 0.5) is 14.5 Å². The second kappa shape index (κ2) is 9.25. The molecule has 0 aromatic heterocycles. The molecule has 0 saturated heterocycles. The Balaban J connectivity index is 0.00000400. The zero-order valence-corrected chi connectivity index (χ0v) is 12.3. The Bertz CT molecular complexity index is 500. The molecular weight excluding hydrogens is 306 g/mol. The van der Waals surface area contributed by atoms with E-state index in [4.69, 9.17) is 5.11 Å². The standard InChI is InChI=1S/C13H16F2N2O3.ClH/c1-2-5-17(8-13(19)20)7-12(18)16-11-6-9(14)3-4-10(11)15;/h3-4,6H,2,5,7-8H2,1H3,(H,16,18)(H,19,20);1H. The molecule has 1 aromatic carbocycles. The van der Waals surface area contributed by atoms with Crippen LogP contribution in [0.2, 0.25) is 0 Å². The molecule has 1 rings (SSSR count). The monoisotopic (exact) mass is 322 g/mol.